The molecule has 31 heavy (non-hydrogen) atoms. The van der Waals surface area contributed by atoms with E-state index < -0.39 is 5.97 Å². The van der Waals surface area contributed by atoms with Crippen LogP contribution >= 0.6 is 23.2 Å². The first-order chi connectivity index (χ1) is 14.9. The minimum Gasteiger partial charge on any atom is -0.494 e. The van der Waals surface area contributed by atoms with Gasteiger partial charge in [0.15, 0.2) is 5.82 Å². The lowest BCUT2D eigenvalue weighted by Crippen LogP contribution is -2.01. The van der Waals surface area contributed by atoms with Crippen molar-refractivity contribution in [3.63, 3.8) is 0 Å². The highest BCUT2D eigenvalue weighted by Crippen LogP contribution is 2.38. The number of aliphatic carboxylic acids is 1. The van der Waals surface area contributed by atoms with Crippen LogP contribution < -0.4 is 5.32 Å². The Bertz CT molecular complexity index is 1340. The van der Waals surface area contributed by atoms with Crippen LogP contribution in [0, 0.1) is 11.3 Å². The van der Waals surface area contributed by atoms with Crippen LogP contribution in [0.15, 0.2) is 42.6 Å². The van der Waals surface area contributed by atoms with E-state index in [0.717, 1.165) is 0 Å². The number of hydrogen-bond acceptors (Lipinski definition) is 6. The van der Waals surface area contributed by atoms with E-state index in [1.807, 2.05) is 6.07 Å². The summed E-state index contributed by atoms with van der Waals surface area (Å²) < 4.78 is 0. The Morgan fingerprint density at radius 3 is 2.45 bits per heavy atom. The third-order valence-corrected chi connectivity index (χ3v) is 5.08. The molecule has 0 saturated heterocycles. The van der Waals surface area contributed by atoms with E-state index >= 15 is 0 Å². The van der Waals surface area contributed by atoms with Gasteiger partial charge in [-0.3, -0.25) is 4.79 Å². The maximum Gasteiger partial charge on any atom is 0.307 e. The zero-order valence-electron chi connectivity index (χ0n) is 15.6. The maximum atomic E-state index is 10.9. The molecule has 0 aliphatic heterocycles. The Hall–Kier alpha value is -3.80. The topological polar surface area (TPSA) is 135 Å². The van der Waals surface area contributed by atoms with Crippen LogP contribution in [0.2, 0.25) is 10.0 Å². The smallest absolute Gasteiger partial charge is 0.307 e. The number of nitrogens with one attached hydrogen (secondary N) is 2. The molecule has 2 heterocycles. The molecular formula is C21H13Cl2N5O3. The Kier molecular flexibility index (Phi) is 5.38. The normalized spacial score (nSPS) is 10.7. The first-order valence-corrected chi connectivity index (χ1v) is 9.66. The summed E-state index contributed by atoms with van der Waals surface area (Å²) in [6, 6.07) is 11.7. The van der Waals surface area contributed by atoms with Gasteiger partial charge in [-0.05, 0) is 29.8 Å². The number of carboxylic acids is 1. The van der Waals surface area contributed by atoms with E-state index in [0.29, 0.717) is 39.1 Å². The molecule has 0 aliphatic carbocycles. The number of benzene rings is 2. The number of aromatic amines is 1. The van der Waals surface area contributed by atoms with Crippen LogP contribution in [0.3, 0.4) is 0 Å². The number of nitrogens with zero attached hydrogens (tertiary/aromatic N) is 3. The van der Waals surface area contributed by atoms with Gasteiger partial charge in [0.25, 0.3) is 0 Å². The number of carboxylic acid groups (broad SMARTS) is 1. The molecule has 10 heteroatoms. The minimum absolute atomic E-state index is 0.0868. The predicted octanol–water partition coefficient (Wildman–Crippen LogP) is 4.88. The predicted molar refractivity (Wildman–Crippen MR) is 117 cm³/mol. The number of halogens is 2. The second-order valence-corrected chi connectivity index (χ2v) is 7.43. The largest absolute Gasteiger partial charge is 0.494 e. The Morgan fingerprint density at radius 2 is 1.84 bits per heavy atom. The first kappa shape index (κ1) is 20.5. The summed E-state index contributed by atoms with van der Waals surface area (Å²) in [5.74, 6) is -0.544. The molecule has 0 bridgehead atoms. The molecule has 4 aromatic rings. The fraction of sp³-hybridized carbons (Fsp3) is 0.0476. The molecule has 154 valence electrons. The highest BCUT2D eigenvalue weighted by Gasteiger charge is 2.19. The molecule has 2 aromatic carbocycles. The molecule has 0 atom stereocenters. The van der Waals surface area contributed by atoms with Crippen molar-refractivity contribution < 1.29 is 15.0 Å². The molecule has 4 rings (SSSR count). The molecule has 0 unspecified atom stereocenters. The van der Waals surface area contributed by atoms with E-state index in [1.54, 1.807) is 24.3 Å². The molecule has 0 saturated carbocycles. The second kappa shape index (κ2) is 8.14. The maximum absolute atomic E-state index is 10.9. The zero-order valence-corrected chi connectivity index (χ0v) is 17.2. The van der Waals surface area contributed by atoms with Gasteiger partial charge in [-0.2, -0.15) is 5.26 Å². The second-order valence-electron chi connectivity index (χ2n) is 6.61. The van der Waals surface area contributed by atoms with E-state index in [4.69, 9.17) is 33.6 Å². The summed E-state index contributed by atoms with van der Waals surface area (Å²) in [6.45, 7) is 0. The average molecular weight is 454 g/mol. The molecule has 4 N–H and O–H groups in total. The standard InChI is InChI=1S/C21H13Cl2N5O3/c22-13-5-11(8-24)6-14(23)17(13)19-27-15-9-25-21(31)18(15)20(28-19)26-12-3-1-10(2-4-12)7-16(29)30/h1-6,9,25,31H,7H2,(H,29,30)(H,26,27,28). The van der Waals surface area contributed by atoms with E-state index in [-0.39, 0.29) is 28.2 Å². The molecule has 0 radical (unpaired) electrons. The molecule has 2 aromatic heterocycles. The average Bonchev–Trinajstić information content (AvgIpc) is 3.09. The number of rotatable bonds is 5. The lowest BCUT2D eigenvalue weighted by atomic mass is 10.1. The lowest BCUT2D eigenvalue weighted by Gasteiger charge is -2.12. The SMILES string of the molecule is N#Cc1cc(Cl)c(-c2nc(Nc3ccc(CC(=O)O)cc3)c3c(O)[nH]cc3n2)c(Cl)c1. The molecule has 0 fully saturated rings. The van der Waals surface area contributed by atoms with Crippen molar-refractivity contribution in [2.24, 2.45) is 0 Å². The Balaban J connectivity index is 1.80. The summed E-state index contributed by atoms with van der Waals surface area (Å²) in [5.41, 5.74) is 2.35. The van der Waals surface area contributed by atoms with E-state index in [2.05, 4.69) is 20.3 Å². The van der Waals surface area contributed by atoms with Gasteiger partial charge < -0.3 is 20.5 Å². The van der Waals surface area contributed by atoms with E-state index in [1.165, 1.54) is 18.3 Å². The number of aromatic nitrogens is 3. The van der Waals surface area contributed by atoms with Crippen LogP contribution in [-0.2, 0) is 11.2 Å². The van der Waals surface area contributed by atoms with Gasteiger partial charge in [0, 0.05) is 11.9 Å². The van der Waals surface area contributed by atoms with Crippen LogP contribution in [0.25, 0.3) is 22.3 Å². The number of fused-ring (bicyclic) bond motifs is 1. The van der Waals surface area contributed by atoms with Gasteiger partial charge in [-0.25, -0.2) is 9.97 Å². The summed E-state index contributed by atoms with van der Waals surface area (Å²) in [4.78, 5) is 22.5. The van der Waals surface area contributed by atoms with Gasteiger partial charge in [-0.1, -0.05) is 35.3 Å². The third kappa shape index (κ3) is 4.10. The summed E-state index contributed by atoms with van der Waals surface area (Å²) in [7, 11) is 0. The van der Waals surface area contributed by atoms with Gasteiger partial charge in [0.2, 0.25) is 5.88 Å². The van der Waals surface area contributed by atoms with Crippen molar-refractivity contribution in [3.8, 4) is 23.3 Å². The molecular weight excluding hydrogens is 441 g/mol. The first-order valence-electron chi connectivity index (χ1n) is 8.91. The molecule has 0 aliphatic rings. The number of hydrogen-bond donors (Lipinski definition) is 4. The van der Waals surface area contributed by atoms with Crippen LogP contribution in [0.5, 0.6) is 5.88 Å². The van der Waals surface area contributed by atoms with Crippen LogP contribution in [0.1, 0.15) is 11.1 Å². The van der Waals surface area contributed by atoms with Crippen molar-refractivity contribution >= 4 is 51.6 Å². The lowest BCUT2D eigenvalue weighted by molar-refractivity contribution is -0.136. The van der Waals surface area contributed by atoms with Gasteiger partial charge >= 0.3 is 5.97 Å². The highest BCUT2D eigenvalue weighted by molar-refractivity contribution is 6.39. The van der Waals surface area contributed by atoms with Gasteiger partial charge in [0.1, 0.15) is 11.2 Å². The number of anilines is 2. The number of aromatic hydroxyl groups is 1. The fourth-order valence-electron chi connectivity index (χ4n) is 3.10. The fourth-order valence-corrected chi connectivity index (χ4v) is 3.75. The highest BCUT2D eigenvalue weighted by atomic mass is 35.5. The van der Waals surface area contributed by atoms with Crippen molar-refractivity contribution in [2.75, 3.05) is 5.32 Å². The Morgan fingerprint density at radius 1 is 1.16 bits per heavy atom. The van der Waals surface area contributed by atoms with Crippen LogP contribution in [-0.4, -0.2) is 31.1 Å². The molecule has 0 amide bonds. The van der Waals surface area contributed by atoms with Crippen molar-refractivity contribution in [2.45, 2.75) is 6.42 Å². The van der Waals surface area contributed by atoms with Crippen molar-refractivity contribution in [1.82, 2.24) is 15.0 Å². The van der Waals surface area contributed by atoms with Gasteiger partial charge in [-0.15, -0.1) is 0 Å². The molecule has 0 spiro atoms. The van der Waals surface area contributed by atoms with Gasteiger partial charge in [0.05, 0.1) is 39.2 Å². The summed E-state index contributed by atoms with van der Waals surface area (Å²) >= 11 is 12.7. The summed E-state index contributed by atoms with van der Waals surface area (Å²) in [5, 5.41) is 32.1. The van der Waals surface area contributed by atoms with Crippen molar-refractivity contribution in [1.29, 1.82) is 5.26 Å². The quantitative estimate of drug-likeness (QED) is 0.338. The van der Waals surface area contributed by atoms with E-state index in [9.17, 15) is 9.90 Å². The monoisotopic (exact) mass is 453 g/mol. The minimum atomic E-state index is -0.920. The number of H-pyrrole nitrogens is 1. The summed E-state index contributed by atoms with van der Waals surface area (Å²) in [6.07, 6.45) is 1.43. The zero-order chi connectivity index (χ0) is 22.1. The number of carbonyl (C=O) groups is 1. The van der Waals surface area contributed by atoms with Crippen molar-refractivity contribution in [3.05, 3.63) is 63.8 Å². The van der Waals surface area contributed by atoms with Crippen LogP contribution in [0.4, 0.5) is 11.5 Å². The molecule has 8 nitrogen and oxygen atoms in total. The Labute approximate surface area is 185 Å². The number of nitriles is 1. The third-order valence-electron chi connectivity index (χ3n) is 4.49.